The summed E-state index contributed by atoms with van der Waals surface area (Å²) in [6, 6.07) is 10.9. The average Bonchev–Trinajstić information content (AvgIpc) is 3.41. The lowest BCUT2D eigenvalue weighted by Gasteiger charge is -2.19. The smallest absolute Gasteiger partial charge is 0.233 e. The maximum atomic E-state index is 13.9. The van der Waals surface area contributed by atoms with Gasteiger partial charge in [0.1, 0.15) is 5.82 Å². The number of hydrogen-bond donors (Lipinski definition) is 0. The zero-order valence-electron chi connectivity index (χ0n) is 18.0. The van der Waals surface area contributed by atoms with Crippen LogP contribution in [0.3, 0.4) is 0 Å². The Morgan fingerprint density at radius 1 is 1.06 bits per heavy atom. The van der Waals surface area contributed by atoms with Gasteiger partial charge >= 0.3 is 0 Å². The Hall–Kier alpha value is -2.80. The van der Waals surface area contributed by atoms with E-state index in [0.717, 1.165) is 35.6 Å². The van der Waals surface area contributed by atoms with Crippen molar-refractivity contribution in [3.8, 4) is 17.1 Å². The zero-order valence-corrected chi connectivity index (χ0v) is 18.0. The van der Waals surface area contributed by atoms with Gasteiger partial charge in [-0.25, -0.2) is 4.39 Å². The van der Waals surface area contributed by atoms with Gasteiger partial charge in [-0.1, -0.05) is 18.2 Å². The highest BCUT2D eigenvalue weighted by Gasteiger charge is 2.41. The first-order valence-electron chi connectivity index (χ1n) is 11.0. The molecule has 3 aromatic rings. The number of likely N-dealkylation sites (tertiary alicyclic amines) is 1. The minimum Gasteiger partial charge on any atom is -0.476 e. The molecule has 1 aromatic carbocycles. The van der Waals surface area contributed by atoms with Crippen LogP contribution in [0.25, 0.3) is 11.3 Å². The SMILES string of the molecule is Cc1nn(C)cc1-c1ccc(OCC2C[C@@H]3CN(Cc4ccccc4F)C[C@@H]3C2)nn1. The number of fused-ring (bicyclic) bond motifs is 1. The van der Waals surface area contributed by atoms with E-state index in [-0.39, 0.29) is 5.82 Å². The van der Waals surface area contributed by atoms with Crippen molar-refractivity contribution in [2.75, 3.05) is 19.7 Å². The lowest BCUT2D eigenvalue weighted by molar-refractivity contribution is 0.219. The number of hydrogen-bond acceptors (Lipinski definition) is 5. The Morgan fingerprint density at radius 3 is 2.48 bits per heavy atom. The van der Waals surface area contributed by atoms with Gasteiger partial charge < -0.3 is 4.74 Å². The molecular weight excluding hydrogens is 393 g/mol. The number of aryl methyl sites for hydroxylation is 2. The van der Waals surface area contributed by atoms with Crippen molar-refractivity contribution in [1.82, 2.24) is 24.9 Å². The average molecular weight is 422 g/mol. The molecule has 1 saturated heterocycles. The quantitative estimate of drug-likeness (QED) is 0.605. The number of aromatic nitrogens is 4. The van der Waals surface area contributed by atoms with E-state index in [1.54, 1.807) is 16.8 Å². The standard InChI is InChI=1S/C24H28FN5O/c1-16-21(14-29(2)28-16)23-7-8-24(27-26-23)31-15-17-9-19-12-30(13-20(19)10-17)11-18-5-3-4-6-22(18)25/h3-8,14,17,19-20H,9-13,15H2,1-2H3/t17?,19-,20+. The summed E-state index contributed by atoms with van der Waals surface area (Å²) in [5, 5.41) is 12.9. The van der Waals surface area contributed by atoms with E-state index in [2.05, 4.69) is 20.2 Å². The van der Waals surface area contributed by atoms with Crippen LogP contribution in [0, 0.1) is 30.5 Å². The molecule has 1 aliphatic heterocycles. The third kappa shape index (κ3) is 4.32. The molecule has 2 fully saturated rings. The number of nitrogens with zero attached hydrogens (tertiary/aromatic N) is 5. The topological polar surface area (TPSA) is 56.1 Å². The predicted molar refractivity (Wildman–Crippen MR) is 116 cm³/mol. The summed E-state index contributed by atoms with van der Waals surface area (Å²) in [6.45, 7) is 5.46. The van der Waals surface area contributed by atoms with Gasteiger partial charge in [0.15, 0.2) is 0 Å². The first kappa shape index (κ1) is 20.1. The normalized spacial score (nSPS) is 23.3. The van der Waals surface area contributed by atoms with Gasteiger partial charge in [0.25, 0.3) is 0 Å². The van der Waals surface area contributed by atoms with E-state index in [9.17, 15) is 4.39 Å². The fourth-order valence-electron chi connectivity index (χ4n) is 5.25. The van der Waals surface area contributed by atoms with E-state index in [1.165, 1.54) is 12.8 Å². The molecule has 0 amide bonds. The van der Waals surface area contributed by atoms with Crippen LogP contribution < -0.4 is 4.74 Å². The van der Waals surface area contributed by atoms with E-state index in [1.807, 2.05) is 44.4 Å². The third-order valence-electron chi connectivity index (χ3n) is 6.67. The van der Waals surface area contributed by atoms with Crippen molar-refractivity contribution >= 4 is 0 Å². The largest absolute Gasteiger partial charge is 0.476 e. The molecule has 0 bridgehead atoms. The van der Waals surface area contributed by atoms with Gasteiger partial charge in [-0.2, -0.15) is 5.10 Å². The van der Waals surface area contributed by atoms with Crippen LogP contribution >= 0.6 is 0 Å². The zero-order chi connectivity index (χ0) is 21.4. The molecular formula is C24H28FN5O. The molecule has 1 saturated carbocycles. The van der Waals surface area contributed by atoms with E-state index in [4.69, 9.17) is 4.74 Å². The Bertz CT molecular complexity index is 1040. The monoisotopic (exact) mass is 421 g/mol. The van der Waals surface area contributed by atoms with Gasteiger partial charge in [-0.3, -0.25) is 9.58 Å². The first-order chi connectivity index (χ1) is 15.0. The summed E-state index contributed by atoms with van der Waals surface area (Å²) in [5.41, 5.74) is 3.53. The maximum Gasteiger partial charge on any atom is 0.233 e. The molecule has 0 radical (unpaired) electrons. The molecule has 5 rings (SSSR count). The molecule has 3 atom stereocenters. The van der Waals surface area contributed by atoms with Crippen molar-refractivity contribution in [2.45, 2.75) is 26.3 Å². The maximum absolute atomic E-state index is 13.9. The first-order valence-corrected chi connectivity index (χ1v) is 11.0. The molecule has 6 nitrogen and oxygen atoms in total. The number of rotatable bonds is 6. The number of halogens is 1. The number of ether oxygens (including phenoxy) is 1. The fourth-order valence-corrected chi connectivity index (χ4v) is 5.25. The van der Waals surface area contributed by atoms with Crippen LogP contribution in [0.2, 0.25) is 0 Å². The van der Waals surface area contributed by atoms with Crippen molar-refractivity contribution in [3.05, 3.63) is 59.7 Å². The molecule has 7 heteroatoms. The second-order valence-electron chi connectivity index (χ2n) is 9.01. The van der Waals surface area contributed by atoms with Crippen LogP contribution in [-0.2, 0) is 13.6 Å². The second kappa shape index (κ2) is 8.38. The lowest BCUT2D eigenvalue weighted by atomic mass is 10.0. The van der Waals surface area contributed by atoms with Crippen molar-refractivity contribution in [1.29, 1.82) is 0 Å². The van der Waals surface area contributed by atoms with E-state index in [0.29, 0.717) is 36.8 Å². The van der Waals surface area contributed by atoms with E-state index < -0.39 is 0 Å². The molecule has 2 aromatic heterocycles. The van der Waals surface area contributed by atoms with E-state index >= 15 is 0 Å². The molecule has 31 heavy (non-hydrogen) atoms. The number of benzene rings is 1. The van der Waals surface area contributed by atoms with Crippen LogP contribution in [0.5, 0.6) is 5.88 Å². The molecule has 1 aliphatic carbocycles. The lowest BCUT2D eigenvalue weighted by Crippen LogP contribution is -2.23. The summed E-state index contributed by atoms with van der Waals surface area (Å²) in [6.07, 6.45) is 4.28. The Morgan fingerprint density at radius 2 is 1.84 bits per heavy atom. The van der Waals surface area contributed by atoms with Gasteiger partial charge in [0, 0.05) is 50.1 Å². The molecule has 0 N–H and O–H groups in total. The van der Waals surface area contributed by atoms with Crippen LogP contribution in [0.4, 0.5) is 4.39 Å². The van der Waals surface area contributed by atoms with Gasteiger partial charge in [0.05, 0.1) is 18.0 Å². The Labute approximate surface area is 182 Å². The molecule has 2 aliphatic rings. The highest BCUT2D eigenvalue weighted by molar-refractivity contribution is 5.60. The summed E-state index contributed by atoms with van der Waals surface area (Å²) >= 11 is 0. The van der Waals surface area contributed by atoms with Crippen molar-refractivity contribution < 1.29 is 9.13 Å². The minimum absolute atomic E-state index is 0.100. The summed E-state index contributed by atoms with van der Waals surface area (Å²) in [7, 11) is 1.90. The highest BCUT2D eigenvalue weighted by atomic mass is 19.1. The summed E-state index contributed by atoms with van der Waals surface area (Å²) in [4.78, 5) is 2.40. The fraction of sp³-hybridized carbons (Fsp3) is 0.458. The summed E-state index contributed by atoms with van der Waals surface area (Å²) < 4.78 is 21.7. The molecule has 1 unspecified atom stereocenters. The predicted octanol–water partition coefficient (Wildman–Crippen LogP) is 3.86. The third-order valence-corrected chi connectivity index (χ3v) is 6.67. The molecule has 3 heterocycles. The van der Waals surface area contributed by atoms with Gasteiger partial charge in [-0.15, -0.1) is 10.2 Å². The minimum atomic E-state index is -0.100. The van der Waals surface area contributed by atoms with Crippen molar-refractivity contribution in [3.63, 3.8) is 0 Å². The van der Waals surface area contributed by atoms with Gasteiger partial charge in [-0.05, 0) is 49.7 Å². The van der Waals surface area contributed by atoms with Crippen LogP contribution in [0.15, 0.2) is 42.6 Å². The van der Waals surface area contributed by atoms with Crippen LogP contribution in [-0.4, -0.2) is 44.6 Å². The van der Waals surface area contributed by atoms with Crippen molar-refractivity contribution in [2.24, 2.45) is 24.8 Å². The Balaban J connectivity index is 1.11. The second-order valence-corrected chi connectivity index (χ2v) is 9.01. The Kier molecular flexibility index (Phi) is 5.44. The van der Waals surface area contributed by atoms with Crippen LogP contribution in [0.1, 0.15) is 24.1 Å². The molecule has 162 valence electrons. The molecule has 0 spiro atoms. The highest BCUT2D eigenvalue weighted by Crippen LogP contribution is 2.42. The van der Waals surface area contributed by atoms with Gasteiger partial charge in [0.2, 0.25) is 5.88 Å². The summed E-state index contributed by atoms with van der Waals surface area (Å²) in [5.74, 6) is 2.39.